The largest absolute Gasteiger partial charge is 0.488 e. The van der Waals surface area contributed by atoms with Crippen molar-refractivity contribution in [2.75, 3.05) is 0 Å². The monoisotopic (exact) mass is 623 g/mol. The van der Waals surface area contributed by atoms with E-state index in [1.807, 2.05) is 42.5 Å². The fraction of sp³-hybridized carbons (Fsp3) is 0.0833. The Labute approximate surface area is 211 Å². The van der Waals surface area contributed by atoms with Gasteiger partial charge in [-0.1, -0.05) is 30.3 Å². The van der Waals surface area contributed by atoms with E-state index in [-0.39, 0.29) is 23.5 Å². The molecule has 0 atom stereocenters. The summed E-state index contributed by atoms with van der Waals surface area (Å²) in [6, 6.07) is 19.3. The van der Waals surface area contributed by atoms with Crippen molar-refractivity contribution >= 4 is 67.5 Å². The number of amides is 2. The molecule has 1 fully saturated rings. The molecule has 0 aromatic heterocycles. The lowest BCUT2D eigenvalue weighted by atomic mass is 10.2. The molecule has 1 aliphatic heterocycles. The first-order valence-corrected chi connectivity index (χ1v) is 12.2. The summed E-state index contributed by atoms with van der Waals surface area (Å²) < 4.78 is 20.9. The molecule has 4 rings (SSSR count). The normalized spacial score (nSPS) is 15.0. The quantitative estimate of drug-likeness (QED) is 0.219. The topological polar surface area (TPSA) is 46.6 Å². The van der Waals surface area contributed by atoms with Crippen LogP contribution in [0, 0.1) is 9.39 Å². The van der Waals surface area contributed by atoms with Crippen LogP contribution in [0.5, 0.6) is 5.75 Å². The average molecular weight is 624 g/mol. The number of halogens is 3. The average Bonchev–Trinajstić information content (AvgIpc) is 3.03. The molecule has 2 amide bonds. The van der Waals surface area contributed by atoms with Crippen molar-refractivity contribution < 1.29 is 18.7 Å². The van der Waals surface area contributed by atoms with Crippen LogP contribution in [-0.2, 0) is 17.9 Å². The number of benzene rings is 3. The highest BCUT2D eigenvalue weighted by atomic mass is 127. The molecule has 1 saturated heterocycles. The van der Waals surface area contributed by atoms with Gasteiger partial charge in [0.15, 0.2) is 0 Å². The summed E-state index contributed by atoms with van der Waals surface area (Å²) in [6.45, 7) is 0.550. The van der Waals surface area contributed by atoms with Gasteiger partial charge in [0.2, 0.25) is 0 Å². The van der Waals surface area contributed by atoms with Crippen molar-refractivity contribution in [1.82, 2.24) is 4.90 Å². The molecule has 0 radical (unpaired) electrons. The standard InChI is InChI=1S/C24H16BrFINO3S/c25-20-11-17(5-10-21(20)31-14-16-3-8-19(27)9-4-16)12-22-23(29)28(24(30)32-22)13-15-1-6-18(26)7-2-15/h1-12H,13-14H2. The third kappa shape index (κ3) is 5.60. The van der Waals surface area contributed by atoms with E-state index in [0.717, 1.165) is 32.3 Å². The minimum absolute atomic E-state index is 0.108. The van der Waals surface area contributed by atoms with Gasteiger partial charge in [0, 0.05) is 3.57 Å². The number of carbonyl (C=O) groups excluding carboxylic acids is 2. The summed E-state index contributed by atoms with van der Waals surface area (Å²) in [5.41, 5.74) is 2.52. The van der Waals surface area contributed by atoms with Crippen LogP contribution >= 0.6 is 50.3 Å². The Morgan fingerprint density at radius 3 is 2.38 bits per heavy atom. The van der Waals surface area contributed by atoms with Gasteiger partial charge in [0.1, 0.15) is 18.2 Å². The molecular weight excluding hydrogens is 608 g/mol. The van der Waals surface area contributed by atoms with Crippen LogP contribution in [0.1, 0.15) is 16.7 Å². The van der Waals surface area contributed by atoms with E-state index in [1.54, 1.807) is 18.2 Å². The highest BCUT2D eigenvalue weighted by Gasteiger charge is 2.35. The highest BCUT2D eigenvalue weighted by Crippen LogP contribution is 2.35. The van der Waals surface area contributed by atoms with Crippen LogP contribution < -0.4 is 4.74 Å². The second-order valence-electron chi connectivity index (χ2n) is 7.00. The van der Waals surface area contributed by atoms with Crippen molar-refractivity contribution in [3.05, 3.63) is 102 Å². The Morgan fingerprint density at radius 1 is 1.00 bits per heavy atom. The fourth-order valence-electron chi connectivity index (χ4n) is 3.03. The molecule has 0 unspecified atom stereocenters. The summed E-state index contributed by atoms with van der Waals surface area (Å²) >= 11 is 6.67. The molecule has 0 saturated carbocycles. The fourth-order valence-corrected chi connectivity index (χ4v) is 4.73. The van der Waals surface area contributed by atoms with Gasteiger partial charge in [-0.15, -0.1) is 0 Å². The van der Waals surface area contributed by atoms with E-state index in [0.29, 0.717) is 22.8 Å². The first-order chi connectivity index (χ1) is 15.4. The van der Waals surface area contributed by atoms with E-state index in [2.05, 4.69) is 38.5 Å². The van der Waals surface area contributed by atoms with Crippen LogP contribution in [0.3, 0.4) is 0 Å². The van der Waals surface area contributed by atoms with Gasteiger partial charge >= 0.3 is 0 Å². The van der Waals surface area contributed by atoms with Gasteiger partial charge in [-0.3, -0.25) is 14.5 Å². The molecule has 3 aromatic rings. The lowest BCUT2D eigenvalue weighted by Crippen LogP contribution is -2.27. The smallest absolute Gasteiger partial charge is 0.293 e. The number of rotatable bonds is 6. The molecule has 162 valence electrons. The Morgan fingerprint density at radius 2 is 1.69 bits per heavy atom. The Balaban J connectivity index is 1.44. The third-order valence-corrected chi connectivity index (χ3v) is 6.94. The van der Waals surface area contributed by atoms with E-state index in [1.165, 1.54) is 15.7 Å². The molecule has 0 spiro atoms. The maximum Gasteiger partial charge on any atom is 0.293 e. The molecule has 0 N–H and O–H groups in total. The van der Waals surface area contributed by atoms with Crippen LogP contribution in [0.15, 0.2) is 76.1 Å². The maximum atomic E-state index is 13.1. The second kappa shape index (κ2) is 10.2. The first kappa shape index (κ1) is 23.0. The summed E-state index contributed by atoms with van der Waals surface area (Å²) in [5.74, 6) is -0.0380. The summed E-state index contributed by atoms with van der Waals surface area (Å²) in [6.07, 6.45) is 1.68. The van der Waals surface area contributed by atoms with Crippen molar-refractivity contribution in [1.29, 1.82) is 0 Å². The van der Waals surface area contributed by atoms with Crippen LogP contribution in [0.2, 0.25) is 0 Å². The number of carbonyl (C=O) groups is 2. The SMILES string of the molecule is O=C1SC(=Cc2ccc(OCc3ccc(I)cc3)c(Br)c2)C(=O)N1Cc1ccc(F)cc1. The van der Waals surface area contributed by atoms with E-state index in [9.17, 15) is 14.0 Å². The lowest BCUT2D eigenvalue weighted by molar-refractivity contribution is -0.123. The van der Waals surface area contributed by atoms with Crippen LogP contribution in [-0.4, -0.2) is 16.0 Å². The zero-order chi connectivity index (χ0) is 22.7. The molecule has 0 aliphatic carbocycles. The van der Waals surface area contributed by atoms with Crippen molar-refractivity contribution in [2.24, 2.45) is 0 Å². The van der Waals surface area contributed by atoms with Gasteiger partial charge in [-0.25, -0.2) is 4.39 Å². The zero-order valence-corrected chi connectivity index (χ0v) is 21.1. The van der Waals surface area contributed by atoms with Gasteiger partial charge in [-0.05, 0) is 109 Å². The summed E-state index contributed by atoms with van der Waals surface area (Å²) in [4.78, 5) is 26.6. The minimum Gasteiger partial charge on any atom is -0.488 e. The van der Waals surface area contributed by atoms with Crippen molar-refractivity contribution in [3.63, 3.8) is 0 Å². The predicted molar refractivity (Wildman–Crippen MR) is 136 cm³/mol. The number of hydrogen-bond acceptors (Lipinski definition) is 4. The Kier molecular flexibility index (Phi) is 7.32. The van der Waals surface area contributed by atoms with Gasteiger partial charge in [-0.2, -0.15) is 0 Å². The molecule has 32 heavy (non-hydrogen) atoms. The molecule has 1 aliphatic rings. The number of imide groups is 1. The molecule has 4 nitrogen and oxygen atoms in total. The molecule has 8 heteroatoms. The Hall–Kier alpha value is -2.17. The molecule has 0 bridgehead atoms. The van der Waals surface area contributed by atoms with Crippen molar-refractivity contribution in [3.8, 4) is 5.75 Å². The first-order valence-electron chi connectivity index (χ1n) is 9.55. The van der Waals surface area contributed by atoms with Gasteiger partial charge in [0.25, 0.3) is 11.1 Å². The molecule has 1 heterocycles. The molecule has 3 aromatic carbocycles. The second-order valence-corrected chi connectivity index (χ2v) is 10.1. The van der Waals surface area contributed by atoms with Crippen LogP contribution in [0.25, 0.3) is 6.08 Å². The van der Waals surface area contributed by atoms with Gasteiger partial charge in [0.05, 0.1) is 15.9 Å². The number of hydrogen-bond donors (Lipinski definition) is 0. The zero-order valence-electron chi connectivity index (χ0n) is 16.6. The number of nitrogens with zero attached hydrogens (tertiary/aromatic N) is 1. The van der Waals surface area contributed by atoms with E-state index >= 15 is 0 Å². The van der Waals surface area contributed by atoms with Gasteiger partial charge < -0.3 is 4.74 Å². The van der Waals surface area contributed by atoms with Crippen molar-refractivity contribution in [2.45, 2.75) is 13.2 Å². The molecular formula is C24H16BrFINO3S. The van der Waals surface area contributed by atoms with Crippen LogP contribution in [0.4, 0.5) is 9.18 Å². The Bertz CT molecular complexity index is 1200. The van der Waals surface area contributed by atoms with E-state index < -0.39 is 0 Å². The number of ether oxygens (including phenoxy) is 1. The third-order valence-electron chi connectivity index (χ3n) is 4.69. The summed E-state index contributed by atoms with van der Waals surface area (Å²) in [5, 5.41) is -0.345. The minimum atomic E-state index is -0.362. The highest BCUT2D eigenvalue weighted by molar-refractivity contribution is 14.1. The number of thioether (sulfide) groups is 1. The predicted octanol–water partition coefficient (Wildman–Crippen LogP) is 7.01. The lowest BCUT2D eigenvalue weighted by Gasteiger charge is -2.12. The van der Waals surface area contributed by atoms with E-state index in [4.69, 9.17) is 4.74 Å². The summed E-state index contributed by atoms with van der Waals surface area (Å²) in [7, 11) is 0. The maximum absolute atomic E-state index is 13.1.